The van der Waals surface area contributed by atoms with Gasteiger partial charge in [-0.25, -0.2) is 4.39 Å². The van der Waals surface area contributed by atoms with E-state index in [2.05, 4.69) is 18.7 Å². The van der Waals surface area contributed by atoms with Crippen LogP contribution in [0.1, 0.15) is 20.3 Å². The number of rotatable bonds is 8. The number of likely N-dealkylation sites (tertiary alicyclic amines) is 1. The molecule has 0 aliphatic carbocycles. The lowest BCUT2D eigenvalue weighted by atomic mass is 9.92. The topological polar surface area (TPSA) is 41.9 Å². The summed E-state index contributed by atoms with van der Waals surface area (Å²) < 4.78 is 23.6. The Morgan fingerprint density at radius 2 is 1.83 bits per heavy atom. The molecule has 1 aliphatic heterocycles. The molecule has 4 nitrogen and oxygen atoms in total. The minimum absolute atomic E-state index is 0.280. The van der Waals surface area contributed by atoms with Gasteiger partial charge in [-0.05, 0) is 42.5 Å². The molecule has 0 spiro atoms. The SMILES string of the molecule is C[C@@H]1C[C@@H](C)CN(C[C@H](O)COCCOc2ccc(F)cc2)C1. The Balaban J connectivity index is 1.56. The Hall–Kier alpha value is -1.17. The van der Waals surface area contributed by atoms with Crippen LogP contribution in [0.4, 0.5) is 4.39 Å². The first kappa shape index (κ1) is 18.2. The number of hydrogen-bond acceptors (Lipinski definition) is 4. The van der Waals surface area contributed by atoms with E-state index < -0.39 is 6.10 Å². The van der Waals surface area contributed by atoms with Crippen LogP contribution in [0.25, 0.3) is 0 Å². The highest BCUT2D eigenvalue weighted by molar-refractivity contribution is 5.21. The summed E-state index contributed by atoms with van der Waals surface area (Å²) in [7, 11) is 0. The van der Waals surface area contributed by atoms with Crippen molar-refractivity contribution in [3.05, 3.63) is 30.1 Å². The van der Waals surface area contributed by atoms with Crippen molar-refractivity contribution in [1.82, 2.24) is 4.90 Å². The van der Waals surface area contributed by atoms with Crippen molar-refractivity contribution >= 4 is 0 Å². The van der Waals surface area contributed by atoms with Crippen LogP contribution in [0.2, 0.25) is 0 Å². The maximum absolute atomic E-state index is 12.7. The van der Waals surface area contributed by atoms with E-state index in [4.69, 9.17) is 9.47 Å². The highest BCUT2D eigenvalue weighted by atomic mass is 19.1. The first-order valence-electron chi connectivity index (χ1n) is 8.39. The first-order chi connectivity index (χ1) is 11.0. The van der Waals surface area contributed by atoms with Crippen LogP contribution >= 0.6 is 0 Å². The monoisotopic (exact) mass is 325 g/mol. The summed E-state index contributed by atoms with van der Waals surface area (Å²) in [5.41, 5.74) is 0. The second kappa shape index (κ2) is 9.21. The van der Waals surface area contributed by atoms with Crippen molar-refractivity contribution in [2.75, 3.05) is 39.5 Å². The summed E-state index contributed by atoms with van der Waals surface area (Å²) >= 11 is 0. The van der Waals surface area contributed by atoms with Crippen molar-refractivity contribution < 1.29 is 19.0 Å². The van der Waals surface area contributed by atoms with Crippen LogP contribution in [0.15, 0.2) is 24.3 Å². The van der Waals surface area contributed by atoms with Gasteiger partial charge in [0.15, 0.2) is 0 Å². The van der Waals surface area contributed by atoms with E-state index in [0.717, 1.165) is 13.1 Å². The van der Waals surface area contributed by atoms with Crippen molar-refractivity contribution in [2.24, 2.45) is 11.8 Å². The molecule has 1 aromatic rings. The van der Waals surface area contributed by atoms with Crippen molar-refractivity contribution in [3.8, 4) is 5.75 Å². The van der Waals surface area contributed by atoms with Crippen molar-refractivity contribution in [2.45, 2.75) is 26.4 Å². The normalized spacial score (nSPS) is 23.7. The van der Waals surface area contributed by atoms with E-state index >= 15 is 0 Å². The minimum Gasteiger partial charge on any atom is -0.491 e. The number of halogens is 1. The molecule has 0 bridgehead atoms. The van der Waals surface area contributed by atoms with Gasteiger partial charge in [-0.2, -0.15) is 0 Å². The molecule has 1 heterocycles. The summed E-state index contributed by atoms with van der Waals surface area (Å²) in [6, 6.07) is 5.90. The molecule has 1 fully saturated rings. The largest absolute Gasteiger partial charge is 0.491 e. The van der Waals surface area contributed by atoms with Crippen LogP contribution in [0.3, 0.4) is 0 Å². The van der Waals surface area contributed by atoms with Crippen LogP contribution in [0.5, 0.6) is 5.75 Å². The number of ether oxygens (including phenoxy) is 2. The number of hydrogen-bond donors (Lipinski definition) is 1. The lowest BCUT2D eigenvalue weighted by Gasteiger charge is -2.35. The molecule has 0 unspecified atom stereocenters. The smallest absolute Gasteiger partial charge is 0.123 e. The lowest BCUT2D eigenvalue weighted by Crippen LogP contribution is -2.43. The van der Waals surface area contributed by atoms with E-state index in [1.54, 1.807) is 12.1 Å². The Morgan fingerprint density at radius 1 is 1.17 bits per heavy atom. The maximum Gasteiger partial charge on any atom is 0.123 e. The van der Waals surface area contributed by atoms with Gasteiger partial charge in [-0.1, -0.05) is 13.8 Å². The van der Waals surface area contributed by atoms with Gasteiger partial charge in [0.05, 0.1) is 19.3 Å². The minimum atomic E-state index is -0.474. The first-order valence-corrected chi connectivity index (χ1v) is 8.39. The molecule has 0 amide bonds. The van der Waals surface area contributed by atoms with E-state index in [1.165, 1.54) is 18.6 Å². The second-order valence-corrected chi connectivity index (χ2v) is 6.70. The molecule has 0 saturated carbocycles. The molecule has 1 N–H and O–H groups in total. The molecule has 5 heteroatoms. The number of benzene rings is 1. The predicted octanol–water partition coefficient (Wildman–Crippen LogP) is 2.56. The predicted molar refractivity (Wildman–Crippen MR) is 88.1 cm³/mol. The fourth-order valence-electron chi connectivity index (χ4n) is 3.26. The van der Waals surface area contributed by atoms with Gasteiger partial charge >= 0.3 is 0 Å². The lowest BCUT2D eigenvalue weighted by molar-refractivity contribution is -0.00211. The molecule has 23 heavy (non-hydrogen) atoms. The zero-order valence-electron chi connectivity index (χ0n) is 14.1. The number of nitrogens with zero attached hydrogens (tertiary/aromatic N) is 1. The molecule has 130 valence electrons. The van der Waals surface area contributed by atoms with Gasteiger partial charge < -0.3 is 19.5 Å². The summed E-state index contributed by atoms with van der Waals surface area (Å²) in [6.07, 6.45) is 0.794. The van der Waals surface area contributed by atoms with Gasteiger partial charge in [-0.15, -0.1) is 0 Å². The quantitative estimate of drug-likeness (QED) is 0.746. The zero-order chi connectivity index (χ0) is 16.7. The highest BCUT2D eigenvalue weighted by Gasteiger charge is 2.23. The fourth-order valence-corrected chi connectivity index (χ4v) is 3.26. The van der Waals surface area contributed by atoms with Crippen LogP contribution in [0, 0.1) is 17.7 Å². The fraction of sp³-hybridized carbons (Fsp3) is 0.667. The number of aliphatic hydroxyl groups excluding tert-OH is 1. The summed E-state index contributed by atoms with van der Waals surface area (Å²) in [5, 5.41) is 10.1. The molecule has 3 atom stereocenters. The summed E-state index contributed by atoms with van der Waals surface area (Å²) in [5.74, 6) is 1.72. The van der Waals surface area contributed by atoms with Gasteiger partial charge in [-0.3, -0.25) is 0 Å². The van der Waals surface area contributed by atoms with Crippen LogP contribution in [-0.4, -0.2) is 55.6 Å². The maximum atomic E-state index is 12.7. The van der Waals surface area contributed by atoms with Crippen molar-refractivity contribution in [3.63, 3.8) is 0 Å². The summed E-state index contributed by atoms with van der Waals surface area (Å²) in [4.78, 5) is 2.32. The van der Waals surface area contributed by atoms with E-state index in [9.17, 15) is 9.50 Å². The van der Waals surface area contributed by atoms with Crippen molar-refractivity contribution in [1.29, 1.82) is 0 Å². The molecule has 2 rings (SSSR count). The molecule has 1 saturated heterocycles. The highest BCUT2D eigenvalue weighted by Crippen LogP contribution is 2.20. The Kier molecular flexibility index (Phi) is 7.27. The Bertz CT molecular complexity index is 444. The van der Waals surface area contributed by atoms with Crippen LogP contribution < -0.4 is 4.74 Å². The van der Waals surface area contributed by atoms with Gasteiger partial charge in [0.2, 0.25) is 0 Å². The third kappa shape index (κ3) is 6.85. The van der Waals surface area contributed by atoms with Crippen LogP contribution in [-0.2, 0) is 4.74 Å². The second-order valence-electron chi connectivity index (χ2n) is 6.70. The summed E-state index contributed by atoms with van der Waals surface area (Å²) in [6.45, 7) is 8.39. The average Bonchev–Trinajstić information content (AvgIpc) is 2.47. The third-order valence-electron chi connectivity index (χ3n) is 4.03. The van der Waals surface area contributed by atoms with E-state index in [0.29, 0.717) is 44.0 Å². The molecular weight excluding hydrogens is 297 g/mol. The number of β-amino-alcohol motifs (C(OH)–C–C–N with tert-alkyl or cyclic N) is 1. The van der Waals surface area contributed by atoms with Gasteiger partial charge in [0, 0.05) is 19.6 Å². The Morgan fingerprint density at radius 3 is 2.48 bits per heavy atom. The number of piperidine rings is 1. The van der Waals surface area contributed by atoms with E-state index in [1.807, 2.05) is 0 Å². The molecule has 0 aromatic heterocycles. The van der Waals surface area contributed by atoms with E-state index in [-0.39, 0.29) is 5.82 Å². The zero-order valence-corrected chi connectivity index (χ0v) is 14.1. The molecule has 1 aromatic carbocycles. The number of aliphatic hydroxyl groups is 1. The standard InChI is InChI=1S/C18H28FNO3/c1-14-9-15(2)11-20(10-14)12-17(21)13-22-7-8-23-18-5-3-16(19)4-6-18/h3-6,14-15,17,21H,7-13H2,1-2H3/t14-,15-,17+/m1/s1. The molecular formula is C18H28FNO3. The van der Waals surface area contributed by atoms with Gasteiger partial charge in [0.1, 0.15) is 18.2 Å². The third-order valence-corrected chi connectivity index (χ3v) is 4.03. The molecule has 1 aliphatic rings. The van der Waals surface area contributed by atoms with Gasteiger partial charge in [0.25, 0.3) is 0 Å². The Labute approximate surface area is 138 Å². The molecule has 0 radical (unpaired) electrons. The average molecular weight is 325 g/mol.